The molecule has 3 aromatic rings. The van der Waals surface area contributed by atoms with Gasteiger partial charge < -0.3 is 5.11 Å². The third kappa shape index (κ3) is 2.82. The highest BCUT2D eigenvalue weighted by atomic mass is 32.1. The summed E-state index contributed by atoms with van der Waals surface area (Å²) in [5.74, 6) is 0.790. The maximum Gasteiger partial charge on any atom is 0.216 e. The number of phenols is 1. The van der Waals surface area contributed by atoms with E-state index in [0.29, 0.717) is 16.2 Å². The molecule has 3 rings (SSSR count). The van der Waals surface area contributed by atoms with Gasteiger partial charge in [-0.25, -0.2) is 5.10 Å². The Morgan fingerprint density at radius 1 is 1.23 bits per heavy atom. The van der Waals surface area contributed by atoms with Crippen molar-refractivity contribution in [3.05, 3.63) is 64.4 Å². The van der Waals surface area contributed by atoms with Crippen LogP contribution in [0, 0.1) is 11.7 Å². The van der Waals surface area contributed by atoms with Crippen LogP contribution in [0.15, 0.2) is 53.6 Å². The van der Waals surface area contributed by atoms with Crippen molar-refractivity contribution >= 4 is 18.4 Å². The number of hydrogen-bond acceptors (Lipinski definition) is 4. The van der Waals surface area contributed by atoms with Gasteiger partial charge in [-0.3, -0.25) is 0 Å². The largest absolute Gasteiger partial charge is 0.507 e. The highest BCUT2D eigenvalue weighted by molar-refractivity contribution is 7.71. The molecule has 1 heterocycles. The smallest absolute Gasteiger partial charge is 0.216 e. The number of benzene rings is 2. The van der Waals surface area contributed by atoms with Crippen LogP contribution in [0.2, 0.25) is 0 Å². The molecule has 1 aromatic heterocycles. The van der Waals surface area contributed by atoms with Crippen LogP contribution in [-0.2, 0) is 0 Å². The number of para-hydroxylation sites is 1. The van der Waals surface area contributed by atoms with Gasteiger partial charge in [0.25, 0.3) is 0 Å². The predicted molar refractivity (Wildman–Crippen MR) is 88.7 cm³/mol. The minimum Gasteiger partial charge on any atom is -0.507 e. The third-order valence-corrected chi connectivity index (χ3v) is 3.44. The van der Waals surface area contributed by atoms with Gasteiger partial charge in [0.05, 0.1) is 6.21 Å². The number of H-pyrrole nitrogens is 1. The Hall–Kier alpha value is -2.73. The lowest BCUT2D eigenvalue weighted by Gasteiger charge is -2.02. The molecule has 5 nitrogen and oxygen atoms in total. The second-order valence-corrected chi connectivity index (χ2v) is 5.22. The summed E-state index contributed by atoms with van der Waals surface area (Å²) in [4.78, 5) is 0. The summed E-state index contributed by atoms with van der Waals surface area (Å²) in [6.07, 6.45) is 1.56. The van der Waals surface area contributed by atoms with Gasteiger partial charge in [-0.15, -0.1) is 0 Å². The molecule has 0 radical (unpaired) electrons. The van der Waals surface area contributed by atoms with Crippen LogP contribution < -0.4 is 0 Å². The zero-order valence-corrected chi connectivity index (χ0v) is 12.7. The highest BCUT2D eigenvalue weighted by Crippen LogP contribution is 2.19. The third-order valence-electron chi connectivity index (χ3n) is 3.18. The summed E-state index contributed by atoms with van der Waals surface area (Å²) in [5.41, 5.74) is 2.66. The van der Waals surface area contributed by atoms with E-state index >= 15 is 0 Å². The van der Waals surface area contributed by atoms with Crippen LogP contribution in [0.1, 0.15) is 11.1 Å². The van der Waals surface area contributed by atoms with Crippen molar-refractivity contribution in [3.8, 4) is 17.1 Å². The quantitative estimate of drug-likeness (QED) is 0.575. The van der Waals surface area contributed by atoms with Gasteiger partial charge in [0.15, 0.2) is 5.82 Å². The number of phenolic OH excluding ortho intramolecular Hbond substituents is 1. The van der Waals surface area contributed by atoms with Gasteiger partial charge in [0, 0.05) is 11.1 Å². The number of nitrogens with zero attached hydrogens (tertiary/aromatic N) is 3. The molecule has 0 unspecified atom stereocenters. The van der Waals surface area contributed by atoms with Crippen molar-refractivity contribution in [2.45, 2.75) is 6.92 Å². The lowest BCUT2D eigenvalue weighted by Crippen LogP contribution is -1.95. The molecule has 0 aliphatic rings. The lowest BCUT2D eigenvalue weighted by atomic mass is 10.1. The van der Waals surface area contributed by atoms with E-state index in [-0.39, 0.29) is 5.75 Å². The van der Waals surface area contributed by atoms with Gasteiger partial charge in [0.2, 0.25) is 4.77 Å². The molecule has 0 spiro atoms. The van der Waals surface area contributed by atoms with Crippen molar-refractivity contribution in [3.63, 3.8) is 0 Å². The van der Waals surface area contributed by atoms with Crippen LogP contribution in [0.3, 0.4) is 0 Å². The molecule has 6 heteroatoms. The van der Waals surface area contributed by atoms with Crippen LogP contribution in [-0.4, -0.2) is 26.2 Å². The Morgan fingerprint density at radius 3 is 2.82 bits per heavy atom. The van der Waals surface area contributed by atoms with Gasteiger partial charge in [-0.2, -0.15) is 14.9 Å². The number of aromatic hydroxyl groups is 1. The van der Waals surface area contributed by atoms with Crippen molar-refractivity contribution < 1.29 is 5.11 Å². The first kappa shape index (κ1) is 14.2. The summed E-state index contributed by atoms with van der Waals surface area (Å²) >= 11 is 5.22. The molecule has 0 atom stereocenters. The van der Waals surface area contributed by atoms with Crippen LogP contribution >= 0.6 is 12.2 Å². The van der Waals surface area contributed by atoms with Gasteiger partial charge in [-0.1, -0.05) is 35.9 Å². The minimum atomic E-state index is 0.165. The van der Waals surface area contributed by atoms with Crippen molar-refractivity contribution in [2.24, 2.45) is 5.10 Å². The fourth-order valence-electron chi connectivity index (χ4n) is 2.09. The lowest BCUT2D eigenvalue weighted by molar-refractivity contribution is 0.474. The molecule has 0 aliphatic heterocycles. The monoisotopic (exact) mass is 310 g/mol. The number of aromatic nitrogens is 3. The number of nitrogens with one attached hydrogen (secondary N) is 1. The minimum absolute atomic E-state index is 0.165. The van der Waals surface area contributed by atoms with E-state index in [1.54, 1.807) is 24.4 Å². The van der Waals surface area contributed by atoms with Crippen LogP contribution in [0.25, 0.3) is 11.4 Å². The zero-order chi connectivity index (χ0) is 15.5. The van der Waals surface area contributed by atoms with E-state index in [0.717, 1.165) is 11.1 Å². The normalized spacial score (nSPS) is 11.1. The standard InChI is InChI=1S/C16H14N4OS/c1-11-5-4-7-12(9-11)15-18-19-16(22)20(15)17-10-13-6-2-3-8-14(13)21/h2-10,21H,1H3,(H,19,22)/b17-10-. The van der Waals surface area contributed by atoms with E-state index in [4.69, 9.17) is 12.2 Å². The van der Waals surface area contributed by atoms with E-state index in [9.17, 15) is 5.11 Å². The summed E-state index contributed by atoms with van der Waals surface area (Å²) in [7, 11) is 0. The van der Waals surface area contributed by atoms with Crippen molar-refractivity contribution in [2.75, 3.05) is 0 Å². The summed E-state index contributed by atoms with van der Waals surface area (Å²) in [6.45, 7) is 2.01. The number of aromatic amines is 1. The fraction of sp³-hybridized carbons (Fsp3) is 0.0625. The zero-order valence-electron chi connectivity index (χ0n) is 11.9. The summed E-state index contributed by atoms with van der Waals surface area (Å²) < 4.78 is 1.93. The molecular formula is C16H14N4OS. The maximum atomic E-state index is 9.78. The number of aryl methyl sites for hydroxylation is 1. The van der Waals surface area contributed by atoms with Gasteiger partial charge in [-0.05, 0) is 37.3 Å². The molecule has 2 N–H and O–H groups in total. The number of rotatable bonds is 3. The Morgan fingerprint density at radius 2 is 2.05 bits per heavy atom. The van der Waals surface area contributed by atoms with Crippen molar-refractivity contribution in [1.29, 1.82) is 0 Å². The second kappa shape index (κ2) is 5.95. The van der Waals surface area contributed by atoms with E-state index < -0.39 is 0 Å². The number of hydrogen-bond donors (Lipinski definition) is 2. The fourth-order valence-corrected chi connectivity index (χ4v) is 2.27. The first-order valence-electron chi connectivity index (χ1n) is 6.72. The molecule has 22 heavy (non-hydrogen) atoms. The Bertz CT molecular complexity index is 895. The molecule has 0 saturated heterocycles. The first-order valence-corrected chi connectivity index (χ1v) is 7.13. The second-order valence-electron chi connectivity index (χ2n) is 4.84. The van der Waals surface area contributed by atoms with Gasteiger partial charge in [0.1, 0.15) is 5.75 Å². The van der Waals surface area contributed by atoms with Gasteiger partial charge >= 0.3 is 0 Å². The van der Waals surface area contributed by atoms with Crippen LogP contribution in [0.5, 0.6) is 5.75 Å². The molecule has 0 fully saturated rings. The van der Waals surface area contributed by atoms with E-state index in [1.165, 1.54) is 4.68 Å². The average molecular weight is 310 g/mol. The molecule has 2 aromatic carbocycles. The molecule has 0 aliphatic carbocycles. The van der Waals surface area contributed by atoms with E-state index in [2.05, 4.69) is 15.3 Å². The first-order chi connectivity index (χ1) is 10.6. The maximum absolute atomic E-state index is 9.78. The molecular weight excluding hydrogens is 296 g/mol. The SMILES string of the molecule is Cc1cccc(-c2n[nH]c(=S)n2/N=C\c2ccccc2O)c1. The van der Waals surface area contributed by atoms with Crippen molar-refractivity contribution in [1.82, 2.24) is 14.9 Å². The molecule has 0 bridgehead atoms. The average Bonchev–Trinajstić information content (AvgIpc) is 2.87. The molecule has 0 amide bonds. The topological polar surface area (TPSA) is 66.2 Å². The molecule has 0 saturated carbocycles. The van der Waals surface area contributed by atoms with E-state index in [1.807, 2.05) is 37.3 Å². The Labute approximate surface area is 132 Å². The molecule has 110 valence electrons. The highest BCUT2D eigenvalue weighted by Gasteiger charge is 2.08. The predicted octanol–water partition coefficient (Wildman–Crippen LogP) is 3.50. The van der Waals surface area contributed by atoms with Crippen LogP contribution in [0.4, 0.5) is 0 Å². The summed E-state index contributed by atoms with van der Waals surface area (Å²) in [5, 5.41) is 21.1. The Kier molecular flexibility index (Phi) is 3.84. The Balaban J connectivity index is 2.04. The summed E-state index contributed by atoms with van der Waals surface area (Å²) in [6, 6.07) is 14.9.